The van der Waals surface area contributed by atoms with Crippen LogP contribution in [0.5, 0.6) is 0 Å². The predicted molar refractivity (Wildman–Crippen MR) is 109 cm³/mol. The number of hydrogen-bond donors (Lipinski definition) is 1. The number of likely N-dealkylation sites (tertiary alicyclic amines) is 1. The first-order chi connectivity index (χ1) is 11.2. The molecule has 3 fully saturated rings. The molecule has 0 aromatic heterocycles. The van der Waals surface area contributed by atoms with Crippen molar-refractivity contribution in [1.82, 2.24) is 15.1 Å². The zero-order valence-electron chi connectivity index (χ0n) is 15.9. The topological polar surface area (TPSA) is 35.6 Å². The summed E-state index contributed by atoms with van der Waals surface area (Å²) in [4.78, 5) is 17.3. The van der Waals surface area contributed by atoms with Gasteiger partial charge in [0.05, 0.1) is 0 Å². The van der Waals surface area contributed by atoms with Gasteiger partial charge < -0.3 is 15.1 Å². The van der Waals surface area contributed by atoms with Gasteiger partial charge in [-0.15, -0.1) is 24.8 Å². The van der Waals surface area contributed by atoms with E-state index in [1.54, 1.807) is 0 Å². The van der Waals surface area contributed by atoms with Crippen LogP contribution in [0.3, 0.4) is 0 Å². The lowest BCUT2D eigenvalue weighted by molar-refractivity contribution is -0.134. The van der Waals surface area contributed by atoms with Gasteiger partial charge in [-0.25, -0.2) is 0 Å². The number of rotatable bonds is 6. The summed E-state index contributed by atoms with van der Waals surface area (Å²) >= 11 is 0. The van der Waals surface area contributed by atoms with Gasteiger partial charge in [0.25, 0.3) is 0 Å². The van der Waals surface area contributed by atoms with Crippen LogP contribution in [0.15, 0.2) is 0 Å². The zero-order valence-corrected chi connectivity index (χ0v) is 17.5. The van der Waals surface area contributed by atoms with E-state index in [0.29, 0.717) is 23.9 Å². The normalized spacial score (nSPS) is 29.2. The smallest absolute Gasteiger partial charge is 0.222 e. The van der Waals surface area contributed by atoms with Gasteiger partial charge in [-0.2, -0.15) is 0 Å². The van der Waals surface area contributed by atoms with Crippen molar-refractivity contribution in [3.05, 3.63) is 0 Å². The predicted octanol–water partition coefficient (Wildman–Crippen LogP) is 3.33. The molecule has 3 saturated heterocycles. The van der Waals surface area contributed by atoms with Crippen LogP contribution in [0.4, 0.5) is 0 Å². The van der Waals surface area contributed by atoms with E-state index < -0.39 is 0 Å². The quantitative estimate of drug-likeness (QED) is 0.751. The SMILES string of the molecule is CCN(CC)CC1CCN(C(=O)CC2CC3CCC(C2)N3)CC1.Cl.Cl. The molecular weight excluding hydrogens is 357 g/mol. The summed E-state index contributed by atoms with van der Waals surface area (Å²) in [6.07, 6.45) is 8.29. The molecule has 3 aliphatic rings. The molecule has 6 heteroatoms. The average molecular weight is 394 g/mol. The van der Waals surface area contributed by atoms with Crippen molar-refractivity contribution in [3.8, 4) is 0 Å². The monoisotopic (exact) mass is 393 g/mol. The van der Waals surface area contributed by atoms with Crippen LogP contribution >= 0.6 is 24.8 Å². The van der Waals surface area contributed by atoms with Crippen LogP contribution < -0.4 is 5.32 Å². The van der Waals surface area contributed by atoms with Gasteiger partial charge in [0.15, 0.2) is 0 Å². The molecule has 2 unspecified atom stereocenters. The fraction of sp³-hybridized carbons (Fsp3) is 0.947. The van der Waals surface area contributed by atoms with Crippen molar-refractivity contribution < 1.29 is 4.79 Å². The number of hydrogen-bond acceptors (Lipinski definition) is 3. The molecule has 0 aliphatic carbocycles. The van der Waals surface area contributed by atoms with Crippen molar-refractivity contribution in [2.24, 2.45) is 11.8 Å². The number of amides is 1. The number of fused-ring (bicyclic) bond motifs is 2. The number of carbonyl (C=O) groups is 1. The molecule has 0 radical (unpaired) electrons. The molecule has 0 aromatic carbocycles. The Hall–Kier alpha value is -0.0300. The van der Waals surface area contributed by atoms with E-state index in [-0.39, 0.29) is 24.8 Å². The second-order valence-electron chi connectivity index (χ2n) is 7.99. The van der Waals surface area contributed by atoms with Gasteiger partial charge in [0.1, 0.15) is 0 Å². The number of piperidine rings is 2. The largest absolute Gasteiger partial charge is 0.343 e. The van der Waals surface area contributed by atoms with E-state index in [1.165, 1.54) is 45.1 Å². The summed E-state index contributed by atoms with van der Waals surface area (Å²) in [6.45, 7) is 9.97. The third-order valence-corrected chi connectivity index (χ3v) is 6.41. The molecule has 3 heterocycles. The van der Waals surface area contributed by atoms with Crippen LogP contribution in [0.2, 0.25) is 0 Å². The average Bonchev–Trinajstić information content (AvgIpc) is 2.91. The molecule has 1 amide bonds. The van der Waals surface area contributed by atoms with Gasteiger partial charge in [0, 0.05) is 38.1 Å². The van der Waals surface area contributed by atoms with E-state index in [4.69, 9.17) is 0 Å². The Balaban J connectivity index is 0.00000156. The number of carbonyl (C=O) groups excluding carboxylic acids is 1. The Morgan fingerprint density at radius 2 is 1.52 bits per heavy atom. The van der Waals surface area contributed by atoms with Gasteiger partial charge in [-0.3, -0.25) is 4.79 Å². The molecule has 0 spiro atoms. The van der Waals surface area contributed by atoms with E-state index >= 15 is 0 Å². The molecule has 3 aliphatic heterocycles. The third-order valence-electron chi connectivity index (χ3n) is 6.41. The maximum absolute atomic E-state index is 12.6. The van der Waals surface area contributed by atoms with Gasteiger partial charge in [-0.05, 0) is 63.5 Å². The summed E-state index contributed by atoms with van der Waals surface area (Å²) in [6, 6.07) is 1.40. The molecule has 4 nitrogen and oxygen atoms in total. The second kappa shape index (κ2) is 11.0. The molecule has 0 aromatic rings. The highest BCUT2D eigenvalue weighted by Gasteiger charge is 2.35. The molecular formula is C19H37Cl2N3O. The Morgan fingerprint density at radius 3 is 2.04 bits per heavy atom. The first-order valence-electron chi connectivity index (χ1n) is 9.94. The van der Waals surface area contributed by atoms with Crippen molar-refractivity contribution in [1.29, 1.82) is 0 Å². The van der Waals surface area contributed by atoms with E-state index in [0.717, 1.165) is 38.5 Å². The minimum absolute atomic E-state index is 0. The lowest BCUT2D eigenvalue weighted by Crippen LogP contribution is -2.44. The molecule has 1 N–H and O–H groups in total. The molecule has 0 saturated carbocycles. The van der Waals surface area contributed by atoms with E-state index in [9.17, 15) is 4.79 Å². The number of nitrogens with one attached hydrogen (secondary N) is 1. The van der Waals surface area contributed by atoms with Gasteiger partial charge >= 0.3 is 0 Å². The highest BCUT2D eigenvalue weighted by molar-refractivity contribution is 5.85. The first kappa shape index (κ1) is 23.0. The lowest BCUT2D eigenvalue weighted by atomic mass is 9.88. The Morgan fingerprint density at radius 1 is 0.960 bits per heavy atom. The lowest BCUT2D eigenvalue weighted by Gasteiger charge is -2.36. The Kier molecular flexibility index (Phi) is 10.1. The van der Waals surface area contributed by atoms with Crippen molar-refractivity contribution in [2.75, 3.05) is 32.7 Å². The summed E-state index contributed by atoms with van der Waals surface area (Å²) in [5.74, 6) is 1.85. The van der Waals surface area contributed by atoms with Gasteiger partial charge in [0.2, 0.25) is 5.91 Å². The van der Waals surface area contributed by atoms with Crippen molar-refractivity contribution >= 4 is 30.7 Å². The van der Waals surface area contributed by atoms with Crippen LogP contribution in [0, 0.1) is 11.8 Å². The molecule has 25 heavy (non-hydrogen) atoms. The standard InChI is InChI=1S/C19H35N3O.2ClH/c1-3-21(4-2)14-15-7-9-22(10-8-15)19(23)13-16-11-17-5-6-18(12-16)20-17;;/h15-18,20H,3-14H2,1-2H3;2*1H. The van der Waals surface area contributed by atoms with Gasteiger partial charge in [-0.1, -0.05) is 13.8 Å². The molecule has 2 bridgehead atoms. The summed E-state index contributed by atoms with van der Waals surface area (Å²) < 4.78 is 0. The zero-order chi connectivity index (χ0) is 16.2. The number of halogens is 2. The minimum Gasteiger partial charge on any atom is -0.343 e. The number of nitrogens with zero attached hydrogens (tertiary/aromatic N) is 2. The van der Waals surface area contributed by atoms with Crippen molar-refractivity contribution in [2.45, 2.75) is 70.9 Å². The summed E-state index contributed by atoms with van der Waals surface area (Å²) in [7, 11) is 0. The van der Waals surface area contributed by atoms with Crippen LogP contribution in [0.1, 0.15) is 58.8 Å². The third kappa shape index (κ3) is 6.27. The van der Waals surface area contributed by atoms with Crippen LogP contribution in [-0.4, -0.2) is 60.5 Å². The fourth-order valence-corrected chi connectivity index (χ4v) is 4.93. The maximum Gasteiger partial charge on any atom is 0.222 e. The summed E-state index contributed by atoms with van der Waals surface area (Å²) in [5.41, 5.74) is 0. The molecule has 3 rings (SSSR count). The molecule has 2 atom stereocenters. The Bertz CT molecular complexity index is 386. The highest BCUT2D eigenvalue weighted by Crippen LogP contribution is 2.33. The Labute approximate surface area is 166 Å². The van der Waals surface area contributed by atoms with E-state index in [1.807, 2.05) is 0 Å². The summed E-state index contributed by atoms with van der Waals surface area (Å²) in [5, 5.41) is 3.68. The highest BCUT2D eigenvalue weighted by atomic mass is 35.5. The van der Waals surface area contributed by atoms with Crippen molar-refractivity contribution in [3.63, 3.8) is 0 Å². The maximum atomic E-state index is 12.6. The van der Waals surface area contributed by atoms with Crippen LogP contribution in [0.25, 0.3) is 0 Å². The van der Waals surface area contributed by atoms with E-state index in [2.05, 4.69) is 29.0 Å². The second-order valence-corrected chi connectivity index (χ2v) is 7.99. The van der Waals surface area contributed by atoms with Crippen LogP contribution in [-0.2, 0) is 4.79 Å². The molecule has 148 valence electrons. The first-order valence-corrected chi connectivity index (χ1v) is 9.94. The minimum atomic E-state index is 0. The fourth-order valence-electron chi connectivity index (χ4n) is 4.93.